The number of benzene rings is 2. The summed E-state index contributed by atoms with van der Waals surface area (Å²) in [6, 6.07) is 27.4. The molecule has 0 N–H and O–H groups in total. The van der Waals surface area contributed by atoms with Crippen LogP contribution in [0.4, 0.5) is 5.00 Å². The van der Waals surface area contributed by atoms with Crippen molar-refractivity contribution >= 4 is 136 Å². The molecule has 0 radical (unpaired) electrons. The summed E-state index contributed by atoms with van der Waals surface area (Å²) >= 11 is 6.47. The summed E-state index contributed by atoms with van der Waals surface area (Å²) in [7, 11) is -1.06. The van der Waals surface area contributed by atoms with E-state index in [-0.39, 0.29) is 58.3 Å². The number of nitriles is 4. The number of hydrogen-bond acceptors (Lipinski definition) is 17. The van der Waals surface area contributed by atoms with Gasteiger partial charge in [-0.2, -0.15) is 21.0 Å². The standard InChI is InChI=1S/C45H28N8O6S6/c1-3-52-32(54)23-65(42(52)27(19-48)20-49)51-31-16-29-34(62-31)36-38(61-29)37-35(63-36)33-28(60-37)15-30(50-39-40(55)53(4-2)41(64-39)26(17-46)18-47)45(33,43(56)58-21-24-11-7-5-8-12-24)44(57)59-22-25-13-9-6-10-14-25/h5-16H,3-4,21-23H2,1-2H3. The zero-order valence-electron chi connectivity index (χ0n) is 33.9. The summed E-state index contributed by atoms with van der Waals surface area (Å²) in [4.78, 5) is 65.2. The van der Waals surface area contributed by atoms with Crippen LogP contribution in [0.3, 0.4) is 0 Å². The van der Waals surface area contributed by atoms with E-state index in [1.165, 1.54) is 55.1 Å². The van der Waals surface area contributed by atoms with Gasteiger partial charge in [0.1, 0.15) is 52.5 Å². The fourth-order valence-electron chi connectivity index (χ4n) is 7.57. The highest BCUT2D eigenvalue weighted by Gasteiger charge is 2.60. The van der Waals surface area contributed by atoms with Gasteiger partial charge in [0.15, 0.2) is 16.2 Å². The van der Waals surface area contributed by atoms with Gasteiger partial charge >= 0.3 is 11.9 Å². The maximum absolute atomic E-state index is 15.2. The Morgan fingerprint density at radius 1 is 0.754 bits per heavy atom. The van der Waals surface area contributed by atoms with Crippen LogP contribution in [-0.4, -0.2) is 57.4 Å². The van der Waals surface area contributed by atoms with E-state index in [0.29, 0.717) is 42.8 Å². The molecule has 2 aromatic carbocycles. The van der Waals surface area contributed by atoms with Crippen LogP contribution in [0.1, 0.15) is 35.4 Å². The van der Waals surface area contributed by atoms with E-state index >= 15 is 9.59 Å². The topological polar surface area (TPSA) is 213 Å². The SMILES string of the molecule is CCN1C(=O)C(=NC2=Cc3sc4c(sc5c6sc(N=S7CC(=O)N(CC)C7=C(C#N)C#N)cc6sc45)c3C2(C(=O)OCc2ccccc2)C(=O)OCc2ccccc2)SC1=C(C#N)C#N. The van der Waals surface area contributed by atoms with E-state index in [0.717, 1.165) is 35.3 Å². The number of hydrogen-bond donors (Lipinski definition) is 0. The maximum Gasteiger partial charge on any atom is 0.334 e. The van der Waals surface area contributed by atoms with Crippen LogP contribution in [0.15, 0.2) is 103 Å². The summed E-state index contributed by atoms with van der Waals surface area (Å²) < 4.78 is 22.1. The number of thioether (sulfide) groups is 1. The van der Waals surface area contributed by atoms with Crippen LogP contribution < -0.4 is 0 Å². The highest BCUT2D eigenvalue weighted by molar-refractivity contribution is 8.19. The van der Waals surface area contributed by atoms with Crippen molar-refractivity contribution in [3.05, 3.63) is 115 Å². The van der Waals surface area contributed by atoms with E-state index in [9.17, 15) is 30.6 Å². The Hall–Kier alpha value is -6.75. The molecular weight excluding hydrogens is 941 g/mol. The molecule has 0 bridgehead atoms. The van der Waals surface area contributed by atoms with Gasteiger partial charge in [-0.1, -0.05) is 60.7 Å². The number of esters is 2. The molecular formula is C45H28N8O6S6. The van der Waals surface area contributed by atoms with E-state index in [2.05, 4.69) is 0 Å². The molecule has 1 aliphatic carbocycles. The van der Waals surface area contributed by atoms with Crippen molar-refractivity contribution in [2.45, 2.75) is 32.5 Å². The van der Waals surface area contributed by atoms with Gasteiger partial charge < -0.3 is 14.4 Å². The fraction of sp³-hybridized carbons (Fsp3) is 0.178. The predicted octanol–water partition coefficient (Wildman–Crippen LogP) is 9.28. The first-order valence-electron chi connectivity index (χ1n) is 19.6. The van der Waals surface area contributed by atoms with Gasteiger partial charge in [0.25, 0.3) is 5.91 Å². The number of allylic oxidation sites excluding steroid dienone is 2. The van der Waals surface area contributed by atoms with Crippen LogP contribution >= 0.6 is 57.1 Å². The average Bonchev–Trinajstić information content (AvgIpc) is 4.18. The number of fused-ring (bicyclic) bond motifs is 7. The third-order valence-corrected chi connectivity index (χ3v) is 18.7. The highest BCUT2D eigenvalue weighted by atomic mass is 32.2. The van der Waals surface area contributed by atoms with Crippen molar-refractivity contribution in [2.24, 2.45) is 9.36 Å². The number of thiophene rings is 4. The Kier molecular flexibility index (Phi) is 11.8. The molecule has 2 saturated heterocycles. The lowest BCUT2D eigenvalue weighted by molar-refractivity contribution is -0.164. The van der Waals surface area contributed by atoms with Gasteiger partial charge in [-0.25, -0.2) is 9.36 Å². The summed E-state index contributed by atoms with van der Waals surface area (Å²) in [5.74, 6) is -2.69. The zero-order chi connectivity index (χ0) is 45.6. The largest absolute Gasteiger partial charge is 0.459 e. The van der Waals surface area contributed by atoms with Crippen LogP contribution in [0.25, 0.3) is 34.3 Å². The minimum Gasteiger partial charge on any atom is -0.459 e. The molecule has 320 valence electrons. The molecule has 0 saturated carbocycles. The molecule has 4 aromatic heterocycles. The first-order valence-corrected chi connectivity index (χ1v) is 25.0. The second-order valence-corrected chi connectivity index (χ2v) is 20.9. The number of rotatable bonds is 10. The molecule has 2 fully saturated rings. The second kappa shape index (κ2) is 17.7. The summed E-state index contributed by atoms with van der Waals surface area (Å²) in [5, 5.41) is 39.8. The molecule has 6 heterocycles. The third kappa shape index (κ3) is 7.25. The van der Waals surface area contributed by atoms with Crippen molar-refractivity contribution in [3.63, 3.8) is 0 Å². The van der Waals surface area contributed by atoms with Gasteiger partial charge in [-0.05, 0) is 59.6 Å². The summed E-state index contributed by atoms with van der Waals surface area (Å²) in [6.07, 6.45) is 1.61. The molecule has 0 spiro atoms. The zero-order valence-corrected chi connectivity index (χ0v) is 38.8. The lowest BCUT2D eigenvalue weighted by atomic mass is 9.81. The average molecular weight is 969 g/mol. The van der Waals surface area contributed by atoms with Crippen molar-refractivity contribution in [3.8, 4) is 24.3 Å². The lowest BCUT2D eigenvalue weighted by Gasteiger charge is -2.27. The van der Waals surface area contributed by atoms with Crippen molar-refractivity contribution in [2.75, 3.05) is 18.8 Å². The van der Waals surface area contributed by atoms with E-state index < -0.39 is 34.0 Å². The normalized spacial score (nSPS) is 17.1. The molecule has 1 unspecified atom stereocenters. The fourth-order valence-corrected chi connectivity index (χ4v) is 16.5. The molecule has 2 amide bonds. The molecule has 14 nitrogen and oxygen atoms in total. The van der Waals surface area contributed by atoms with Gasteiger partial charge in [-0.15, -0.1) is 45.3 Å². The molecule has 20 heteroatoms. The molecule has 1 atom stereocenters. The van der Waals surface area contributed by atoms with Crippen LogP contribution in [0.5, 0.6) is 0 Å². The molecule has 65 heavy (non-hydrogen) atoms. The predicted molar refractivity (Wildman–Crippen MR) is 253 cm³/mol. The number of nitrogens with zero attached hydrogens (tertiary/aromatic N) is 8. The molecule has 9 rings (SSSR count). The summed E-state index contributed by atoms with van der Waals surface area (Å²) in [5.41, 5.74) is -1.22. The number of aliphatic imine (C=N–C) groups is 1. The minimum atomic E-state index is -2.33. The van der Waals surface area contributed by atoms with Crippen LogP contribution in [0, 0.1) is 45.3 Å². The van der Waals surface area contributed by atoms with Crippen molar-refractivity contribution in [1.82, 2.24) is 9.80 Å². The third-order valence-electron chi connectivity index (χ3n) is 10.5. The maximum atomic E-state index is 15.2. The van der Waals surface area contributed by atoms with Gasteiger partial charge in [0.05, 0.1) is 34.9 Å². The van der Waals surface area contributed by atoms with E-state index in [1.54, 1.807) is 68.5 Å². The number of amides is 2. The Morgan fingerprint density at radius 2 is 1.34 bits per heavy atom. The quantitative estimate of drug-likeness (QED) is 0.0717. The lowest BCUT2D eigenvalue weighted by Crippen LogP contribution is -2.46. The number of ether oxygens (including phenoxy) is 2. The van der Waals surface area contributed by atoms with Gasteiger partial charge in [0.2, 0.25) is 11.3 Å². The van der Waals surface area contributed by atoms with E-state index in [1.807, 2.05) is 42.5 Å². The van der Waals surface area contributed by atoms with E-state index in [4.69, 9.17) is 18.8 Å². The Balaban J connectivity index is 1.22. The smallest absolute Gasteiger partial charge is 0.334 e. The Labute approximate surface area is 392 Å². The Bertz CT molecular complexity index is 3310. The second-order valence-electron chi connectivity index (χ2n) is 14.2. The van der Waals surface area contributed by atoms with Gasteiger partial charge in [-0.3, -0.25) is 24.1 Å². The van der Waals surface area contributed by atoms with Crippen molar-refractivity contribution in [1.29, 1.82) is 21.0 Å². The molecule has 3 aliphatic rings. The first kappa shape index (κ1) is 43.5. The molecule has 2 aliphatic heterocycles. The first-order chi connectivity index (χ1) is 31.6. The minimum absolute atomic E-state index is 0.0518. The monoisotopic (exact) mass is 968 g/mol. The molecule has 6 aromatic rings. The number of carbonyl (C=O) groups is 4. The Morgan fingerprint density at radius 3 is 1.92 bits per heavy atom. The van der Waals surface area contributed by atoms with Gasteiger partial charge in [0, 0.05) is 28.2 Å². The highest BCUT2D eigenvalue weighted by Crippen LogP contribution is 2.59. The van der Waals surface area contributed by atoms with Crippen molar-refractivity contribution < 1.29 is 28.7 Å². The number of carbonyl (C=O) groups excluding carboxylic acids is 4. The summed E-state index contributed by atoms with van der Waals surface area (Å²) in [6.45, 7) is 3.51. The van der Waals surface area contributed by atoms with Crippen LogP contribution in [-0.2, 0) is 58.0 Å². The van der Waals surface area contributed by atoms with Crippen LogP contribution in [0.2, 0.25) is 0 Å².